The maximum Gasteiger partial charge on any atom is 0.307 e. The number of nitrogens with zero attached hydrogens (tertiary/aromatic N) is 4. The molecular formula is C25H25ClN4O4. The standard InChI is InChI=1S/C25H25ClN4O4/c1-15(2)33-22-8-6-17(11-19(22)12-27)24-28-23(29-34-24)20-7-5-16(10-21(20)26)13-30-9-3-4-18(14-30)25(31)32/h5-8,10-11,15,18H,3-4,9,13-14H2,1-2H3,(H,31,32). The lowest BCUT2D eigenvalue weighted by Gasteiger charge is -2.30. The van der Waals surface area contributed by atoms with Crippen LogP contribution in [0.4, 0.5) is 0 Å². The zero-order valence-electron chi connectivity index (χ0n) is 19.0. The molecule has 34 heavy (non-hydrogen) atoms. The van der Waals surface area contributed by atoms with E-state index in [2.05, 4.69) is 21.1 Å². The van der Waals surface area contributed by atoms with E-state index in [-0.39, 0.29) is 17.9 Å². The number of aromatic nitrogens is 2. The summed E-state index contributed by atoms with van der Waals surface area (Å²) in [6, 6.07) is 12.9. The molecule has 1 fully saturated rings. The van der Waals surface area contributed by atoms with E-state index < -0.39 is 5.97 Å². The molecular weight excluding hydrogens is 456 g/mol. The van der Waals surface area contributed by atoms with Gasteiger partial charge in [-0.1, -0.05) is 22.8 Å². The van der Waals surface area contributed by atoms with Crippen molar-refractivity contribution in [3.05, 3.63) is 52.5 Å². The maximum absolute atomic E-state index is 11.3. The molecule has 1 aliphatic heterocycles. The number of hydrogen-bond acceptors (Lipinski definition) is 7. The van der Waals surface area contributed by atoms with Crippen molar-refractivity contribution in [2.45, 2.75) is 39.3 Å². The molecule has 176 valence electrons. The number of halogens is 1. The molecule has 0 aliphatic carbocycles. The van der Waals surface area contributed by atoms with Gasteiger partial charge >= 0.3 is 5.97 Å². The van der Waals surface area contributed by atoms with Crippen molar-refractivity contribution < 1.29 is 19.2 Å². The highest BCUT2D eigenvalue weighted by Gasteiger charge is 2.25. The van der Waals surface area contributed by atoms with Gasteiger partial charge in [0, 0.05) is 24.2 Å². The van der Waals surface area contributed by atoms with Crippen LogP contribution in [0, 0.1) is 17.2 Å². The number of carboxylic acids is 1. The summed E-state index contributed by atoms with van der Waals surface area (Å²) < 4.78 is 11.1. The Balaban J connectivity index is 1.50. The van der Waals surface area contributed by atoms with Crippen LogP contribution >= 0.6 is 11.6 Å². The monoisotopic (exact) mass is 480 g/mol. The van der Waals surface area contributed by atoms with Gasteiger partial charge in [0.05, 0.1) is 22.6 Å². The molecule has 1 unspecified atom stereocenters. The van der Waals surface area contributed by atoms with Gasteiger partial charge in [-0.2, -0.15) is 10.2 Å². The first kappa shape index (κ1) is 23.7. The molecule has 0 amide bonds. The summed E-state index contributed by atoms with van der Waals surface area (Å²) in [5.74, 6) is 0.0546. The maximum atomic E-state index is 11.3. The molecule has 2 aromatic carbocycles. The number of hydrogen-bond donors (Lipinski definition) is 1. The van der Waals surface area contributed by atoms with Crippen molar-refractivity contribution in [1.29, 1.82) is 5.26 Å². The van der Waals surface area contributed by atoms with Crippen molar-refractivity contribution in [3.63, 3.8) is 0 Å². The number of benzene rings is 2. The van der Waals surface area contributed by atoms with Gasteiger partial charge in [0.2, 0.25) is 5.82 Å². The highest BCUT2D eigenvalue weighted by molar-refractivity contribution is 6.33. The van der Waals surface area contributed by atoms with Gasteiger partial charge in [0.1, 0.15) is 11.8 Å². The molecule has 4 rings (SSSR count). The Morgan fingerprint density at radius 1 is 1.35 bits per heavy atom. The Labute approximate surface area is 202 Å². The van der Waals surface area contributed by atoms with E-state index in [9.17, 15) is 15.2 Å². The lowest BCUT2D eigenvalue weighted by Crippen LogP contribution is -2.38. The zero-order chi connectivity index (χ0) is 24.2. The van der Waals surface area contributed by atoms with Gasteiger partial charge in [-0.25, -0.2) is 0 Å². The van der Waals surface area contributed by atoms with Crippen molar-refractivity contribution >= 4 is 17.6 Å². The van der Waals surface area contributed by atoms with Crippen molar-refractivity contribution in [3.8, 4) is 34.7 Å². The quantitative estimate of drug-likeness (QED) is 0.502. The molecule has 1 aromatic heterocycles. The summed E-state index contributed by atoms with van der Waals surface area (Å²) in [5.41, 5.74) is 2.61. The molecule has 2 heterocycles. The smallest absolute Gasteiger partial charge is 0.307 e. The SMILES string of the molecule is CC(C)Oc1ccc(-c2nc(-c3ccc(CN4CCCC(C(=O)O)C4)cc3Cl)no2)cc1C#N. The Hall–Kier alpha value is -3.41. The van der Waals surface area contributed by atoms with E-state index in [0.717, 1.165) is 24.9 Å². The fourth-order valence-corrected chi connectivity index (χ4v) is 4.34. The number of rotatable bonds is 7. The van der Waals surface area contributed by atoms with E-state index in [4.69, 9.17) is 20.9 Å². The van der Waals surface area contributed by atoms with Gasteiger partial charge in [-0.15, -0.1) is 0 Å². The number of aliphatic carboxylic acids is 1. The van der Waals surface area contributed by atoms with Gasteiger partial charge < -0.3 is 14.4 Å². The average molecular weight is 481 g/mol. The number of nitriles is 1. The third-order valence-corrected chi connectivity index (χ3v) is 5.98. The van der Waals surface area contributed by atoms with Crippen LogP contribution in [0.1, 0.15) is 37.8 Å². The Kier molecular flexibility index (Phi) is 7.15. The highest BCUT2D eigenvalue weighted by atomic mass is 35.5. The molecule has 9 heteroatoms. The summed E-state index contributed by atoms with van der Waals surface area (Å²) in [4.78, 5) is 17.9. The van der Waals surface area contributed by atoms with E-state index in [1.54, 1.807) is 18.2 Å². The summed E-state index contributed by atoms with van der Waals surface area (Å²) >= 11 is 6.54. The first-order valence-electron chi connectivity index (χ1n) is 11.1. The van der Waals surface area contributed by atoms with E-state index in [1.807, 2.05) is 32.0 Å². The Morgan fingerprint density at radius 3 is 2.88 bits per heavy atom. The predicted octanol–water partition coefficient (Wildman–Crippen LogP) is 5.01. The molecule has 1 atom stereocenters. The summed E-state index contributed by atoms with van der Waals surface area (Å²) in [6.07, 6.45) is 1.54. The molecule has 1 aliphatic rings. The highest BCUT2D eigenvalue weighted by Crippen LogP contribution is 2.31. The largest absolute Gasteiger partial charge is 0.490 e. The van der Waals surface area contributed by atoms with Crippen LogP contribution in [-0.2, 0) is 11.3 Å². The first-order chi connectivity index (χ1) is 16.3. The van der Waals surface area contributed by atoms with Crippen molar-refractivity contribution in [2.75, 3.05) is 13.1 Å². The van der Waals surface area contributed by atoms with Gasteiger partial charge in [0.25, 0.3) is 5.89 Å². The second kappa shape index (κ2) is 10.2. The van der Waals surface area contributed by atoms with Crippen molar-refractivity contribution in [2.24, 2.45) is 5.92 Å². The number of ether oxygens (including phenoxy) is 1. The summed E-state index contributed by atoms with van der Waals surface area (Å²) in [7, 11) is 0. The zero-order valence-corrected chi connectivity index (χ0v) is 19.7. The lowest BCUT2D eigenvalue weighted by molar-refractivity contribution is -0.143. The number of carboxylic acid groups (broad SMARTS) is 1. The van der Waals surface area contributed by atoms with Crippen LogP contribution in [0.3, 0.4) is 0 Å². The third kappa shape index (κ3) is 5.38. The molecule has 1 saturated heterocycles. The topological polar surface area (TPSA) is 112 Å². The second-order valence-corrected chi connectivity index (χ2v) is 9.05. The number of likely N-dealkylation sites (tertiary alicyclic amines) is 1. The predicted molar refractivity (Wildman–Crippen MR) is 126 cm³/mol. The summed E-state index contributed by atoms with van der Waals surface area (Å²) in [5, 5.41) is 23.3. The molecule has 3 aromatic rings. The van der Waals surface area contributed by atoms with Crippen LogP contribution in [0.2, 0.25) is 5.02 Å². The number of piperidine rings is 1. The minimum atomic E-state index is -0.741. The van der Waals surface area contributed by atoms with E-state index in [1.165, 1.54) is 0 Å². The van der Waals surface area contributed by atoms with Crippen LogP contribution in [0.15, 0.2) is 40.9 Å². The minimum absolute atomic E-state index is 0.0495. The fraction of sp³-hybridized carbons (Fsp3) is 0.360. The normalized spacial score (nSPS) is 16.4. The number of carbonyl (C=O) groups is 1. The van der Waals surface area contributed by atoms with Gasteiger partial charge in [-0.05, 0) is 69.1 Å². The van der Waals surface area contributed by atoms with Crippen LogP contribution in [0.25, 0.3) is 22.8 Å². The van der Waals surface area contributed by atoms with Crippen molar-refractivity contribution in [1.82, 2.24) is 15.0 Å². The van der Waals surface area contributed by atoms with Crippen LogP contribution in [0.5, 0.6) is 5.75 Å². The fourth-order valence-electron chi connectivity index (χ4n) is 4.05. The van der Waals surface area contributed by atoms with E-state index >= 15 is 0 Å². The van der Waals surface area contributed by atoms with Crippen LogP contribution in [-0.4, -0.2) is 45.3 Å². The Morgan fingerprint density at radius 2 is 2.18 bits per heavy atom. The molecule has 0 saturated carbocycles. The summed E-state index contributed by atoms with van der Waals surface area (Å²) in [6.45, 7) is 5.82. The van der Waals surface area contributed by atoms with Gasteiger partial charge in [-0.3, -0.25) is 9.69 Å². The van der Waals surface area contributed by atoms with Crippen LogP contribution < -0.4 is 4.74 Å². The molecule has 0 radical (unpaired) electrons. The first-order valence-corrected chi connectivity index (χ1v) is 11.5. The molecule has 1 N–H and O–H groups in total. The Bertz CT molecular complexity index is 1230. The lowest BCUT2D eigenvalue weighted by atomic mass is 9.98. The molecule has 8 nitrogen and oxygen atoms in total. The van der Waals surface area contributed by atoms with E-state index in [0.29, 0.717) is 46.4 Å². The minimum Gasteiger partial charge on any atom is -0.490 e. The second-order valence-electron chi connectivity index (χ2n) is 8.64. The average Bonchev–Trinajstić information content (AvgIpc) is 3.29. The molecule has 0 bridgehead atoms. The van der Waals surface area contributed by atoms with Gasteiger partial charge in [0.15, 0.2) is 0 Å². The third-order valence-electron chi connectivity index (χ3n) is 5.67. The molecule has 0 spiro atoms.